The van der Waals surface area contributed by atoms with Gasteiger partial charge in [0.2, 0.25) is 5.91 Å². The fourth-order valence-corrected chi connectivity index (χ4v) is 4.48. The van der Waals surface area contributed by atoms with Crippen molar-refractivity contribution in [1.29, 1.82) is 0 Å². The number of hydrogen-bond acceptors (Lipinski definition) is 1. The van der Waals surface area contributed by atoms with Gasteiger partial charge in [-0.15, -0.1) is 0 Å². The summed E-state index contributed by atoms with van der Waals surface area (Å²) >= 11 is 5.98. The number of rotatable bonds is 3. The summed E-state index contributed by atoms with van der Waals surface area (Å²) in [7, 11) is 0. The average molecular weight is 370 g/mol. The monoisotopic (exact) mass is 369 g/mol. The maximum absolute atomic E-state index is 13.1. The minimum absolute atomic E-state index is 0.163. The lowest BCUT2D eigenvalue weighted by Gasteiger charge is -2.35. The number of nitrogens with zero attached hydrogens (tertiary/aromatic N) is 1. The van der Waals surface area contributed by atoms with Crippen molar-refractivity contribution in [3.8, 4) is 0 Å². The summed E-state index contributed by atoms with van der Waals surface area (Å²) in [5, 5.41) is 0.779. The number of hydrogen-bond donors (Lipinski definition) is 1. The molecule has 0 radical (unpaired) electrons. The van der Waals surface area contributed by atoms with Crippen LogP contribution in [0.2, 0.25) is 5.02 Å². The van der Waals surface area contributed by atoms with Crippen LogP contribution in [-0.2, 0) is 24.3 Å². The third-order valence-corrected chi connectivity index (χ3v) is 6.03. The zero-order valence-electron chi connectivity index (χ0n) is 15.1. The van der Waals surface area contributed by atoms with Crippen LogP contribution in [0.25, 0.3) is 0 Å². The Morgan fingerprint density at radius 3 is 2.69 bits per heavy atom. The molecule has 0 spiro atoms. The first kappa shape index (κ1) is 17.6. The van der Waals surface area contributed by atoms with Crippen molar-refractivity contribution in [2.45, 2.75) is 32.4 Å². The molecule has 1 unspecified atom stereocenters. The predicted octanol–water partition coefficient (Wildman–Crippen LogP) is 2.72. The molecule has 0 aromatic heterocycles. The van der Waals surface area contributed by atoms with Crippen molar-refractivity contribution in [2.75, 3.05) is 19.6 Å². The Morgan fingerprint density at radius 2 is 1.88 bits per heavy atom. The Labute approximate surface area is 160 Å². The number of fused-ring (bicyclic) bond motifs is 1. The number of benzene rings is 2. The Kier molecular flexibility index (Phi) is 5.28. The largest absolute Gasteiger partial charge is 0.338 e. The van der Waals surface area contributed by atoms with Gasteiger partial charge in [-0.05, 0) is 42.5 Å². The molecule has 1 amide bonds. The van der Waals surface area contributed by atoms with Crippen LogP contribution in [-0.4, -0.2) is 30.4 Å². The maximum atomic E-state index is 13.1. The van der Waals surface area contributed by atoms with Crippen LogP contribution in [0.15, 0.2) is 48.5 Å². The van der Waals surface area contributed by atoms with E-state index in [0.29, 0.717) is 5.91 Å². The number of carbonyl (C=O) groups excluding carboxylic acids is 1. The minimum Gasteiger partial charge on any atom is -0.338 e. The van der Waals surface area contributed by atoms with Crippen molar-refractivity contribution in [3.05, 3.63) is 70.2 Å². The standard InChI is InChI=1S/C22H25ClN2O/c23-21-9-7-17(8-10-21)14-24-12-3-6-20(15-24)22(26)25-13-11-18-4-1-2-5-19(18)16-25/h1-2,4-5,7-10,20H,3,6,11-16H2/p+1/t20-/m1/s1. The van der Waals surface area contributed by atoms with E-state index >= 15 is 0 Å². The molecule has 0 aliphatic carbocycles. The van der Waals surface area contributed by atoms with Gasteiger partial charge in [0, 0.05) is 23.7 Å². The summed E-state index contributed by atoms with van der Waals surface area (Å²) < 4.78 is 0. The highest BCUT2D eigenvalue weighted by Gasteiger charge is 2.33. The molecule has 4 rings (SSSR count). The van der Waals surface area contributed by atoms with Crippen molar-refractivity contribution in [2.24, 2.45) is 5.92 Å². The Hall–Kier alpha value is -1.84. The van der Waals surface area contributed by atoms with Crippen molar-refractivity contribution in [1.82, 2.24) is 4.90 Å². The number of likely N-dealkylation sites (tertiary alicyclic amines) is 1. The first-order chi connectivity index (χ1) is 12.7. The van der Waals surface area contributed by atoms with Gasteiger partial charge in [-0.3, -0.25) is 4.79 Å². The predicted molar refractivity (Wildman–Crippen MR) is 104 cm³/mol. The fraction of sp³-hybridized carbons (Fsp3) is 0.409. The van der Waals surface area contributed by atoms with E-state index in [1.807, 2.05) is 12.1 Å². The number of amides is 1. The summed E-state index contributed by atoms with van der Waals surface area (Å²) in [6.45, 7) is 4.70. The highest BCUT2D eigenvalue weighted by molar-refractivity contribution is 6.30. The third kappa shape index (κ3) is 3.94. The molecule has 4 heteroatoms. The van der Waals surface area contributed by atoms with E-state index in [4.69, 9.17) is 11.6 Å². The highest BCUT2D eigenvalue weighted by atomic mass is 35.5. The Bertz CT molecular complexity index is 774. The molecule has 1 saturated heterocycles. The molecule has 1 N–H and O–H groups in total. The second kappa shape index (κ2) is 7.81. The average Bonchev–Trinajstić information content (AvgIpc) is 2.69. The Morgan fingerprint density at radius 1 is 1.12 bits per heavy atom. The lowest BCUT2D eigenvalue weighted by molar-refractivity contribution is -0.921. The van der Waals surface area contributed by atoms with Crippen LogP contribution >= 0.6 is 11.6 Å². The molecule has 1 fully saturated rings. The zero-order valence-corrected chi connectivity index (χ0v) is 15.8. The summed E-state index contributed by atoms with van der Waals surface area (Å²) in [6, 6.07) is 16.6. The first-order valence-corrected chi connectivity index (χ1v) is 10.0. The van der Waals surface area contributed by atoms with Gasteiger partial charge in [-0.25, -0.2) is 0 Å². The molecule has 3 nitrogen and oxygen atoms in total. The van der Waals surface area contributed by atoms with Crippen LogP contribution in [0.1, 0.15) is 29.5 Å². The number of carbonyl (C=O) groups is 1. The van der Waals surface area contributed by atoms with Crippen LogP contribution < -0.4 is 4.90 Å². The van der Waals surface area contributed by atoms with E-state index in [-0.39, 0.29) is 5.92 Å². The van der Waals surface area contributed by atoms with E-state index in [2.05, 4.69) is 41.3 Å². The van der Waals surface area contributed by atoms with Gasteiger partial charge in [0.25, 0.3) is 0 Å². The van der Waals surface area contributed by atoms with Gasteiger partial charge in [0.1, 0.15) is 6.54 Å². The normalized spacial score (nSPS) is 22.7. The van der Waals surface area contributed by atoms with E-state index in [1.165, 1.54) is 21.6 Å². The lowest BCUT2D eigenvalue weighted by Crippen LogP contribution is -3.12. The third-order valence-electron chi connectivity index (χ3n) is 5.78. The van der Waals surface area contributed by atoms with Gasteiger partial charge in [0.05, 0.1) is 19.0 Å². The van der Waals surface area contributed by atoms with E-state index < -0.39 is 0 Å². The number of piperidine rings is 1. The molecule has 0 saturated carbocycles. The molecule has 2 aliphatic heterocycles. The molecular formula is C22H26ClN2O+. The molecular weight excluding hydrogens is 344 g/mol. The van der Waals surface area contributed by atoms with Gasteiger partial charge in [0.15, 0.2) is 0 Å². The number of nitrogens with one attached hydrogen (secondary N) is 1. The summed E-state index contributed by atoms with van der Waals surface area (Å²) in [4.78, 5) is 16.7. The minimum atomic E-state index is 0.163. The topological polar surface area (TPSA) is 24.8 Å². The summed E-state index contributed by atoms with van der Waals surface area (Å²) in [6.07, 6.45) is 3.14. The molecule has 2 aliphatic rings. The van der Waals surface area contributed by atoms with E-state index in [1.54, 1.807) is 0 Å². The molecule has 136 valence electrons. The lowest BCUT2D eigenvalue weighted by atomic mass is 9.93. The van der Waals surface area contributed by atoms with E-state index in [0.717, 1.165) is 57.0 Å². The van der Waals surface area contributed by atoms with Crippen LogP contribution in [0, 0.1) is 5.92 Å². The smallest absolute Gasteiger partial charge is 0.231 e. The van der Waals surface area contributed by atoms with Gasteiger partial charge < -0.3 is 9.80 Å². The van der Waals surface area contributed by atoms with Crippen LogP contribution in [0.3, 0.4) is 0 Å². The van der Waals surface area contributed by atoms with Crippen molar-refractivity contribution >= 4 is 17.5 Å². The van der Waals surface area contributed by atoms with Gasteiger partial charge in [-0.1, -0.05) is 48.0 Å². The first-order valence-electron chi connectivity index (χ1n) is 9.62. The highest BCUT2D eigenvalue weighted by Crippen LogP contribution is 2.21. The SMILES string of the molecule is O=C([C@@H]1CCC[NH+](Cc2ccc(Cl)cc2)C1)N1CCc2ccccc2C1. The number of halogens is 1. The van der Waals surface area contributed by atoms with Gasteiger partial charge >= 0.3 is 0 Å². The van der Waals surface area contributed by atoms with Gasteiger partial charge in [-0.2, -0.15) is 0 Å². The molecule has 26 heavy (non-hydrogen) atoms. The molecule has 2 aromatic carbocycles. The zero-order chi connectivity index (χ0) is 17.9. The number of quaternary nitrogens is 1. The summed E-state index contributed by atoms with van der Waals surface area (Å²) in [5.41, 5.74) is 4.01. The molecule has 0 bridgehead atoms. The fourth-order valence-electron chi connectivity index (χ4n) is 4.36. The van der Waals surface area contributed by atoms with Crippen molar-refractivity contribution < 1.29 is 9.69 Å². The molecule has 2 aromatic rings. The van der Waals surface area contributed by atoms with Crippen LogP contribution in [0.4, 0.5) is 0 Å². The molecule has 2 heterocycles. The summed E-state index contributed by atoms with van der Waals surface area (Å²) in [5.74, 6) is 0.518. The van der Waals surface area contributed by atoms with Crippen LogP contribution in [0.5, 0.6) is 0 Å². The maximum Gasteiger partial charge on any atom is 0.231 e. The Balaban J connectivity index is 1.38. The second-order valence-electron chi connectivity index (χ2n) is 7.63. The quantitative estimate of drug-likeness (QED) is 0.884. The van der Waals surface area contributed by atoms with Crippen molar-refractivity contribution in [3.63, 3.8) is 0 Å². The molecule has 2 atom stereocenters. The second-order valence-corrected chi connectivity index (χ2v) is 8.06. The van der Waals surface area contributed by atoms with E-state index in [9.17, 15) is 4.79 Å².